The molecular weight excluding hydrogens is 302 g/mol. The van der Waals surface area contributed by atoms with Gasteiger partial charge in [-0.15, -0.1) is 0 Å². The highest BCUT2D eigenvalue weighted by Crippen LogP contribution is 2.21. The van der Waals surface area contributed by atoms with E-state index in [1.165, 1.54) is 0 Å². The third kappa shape index (κ3) is 3.55. The SMILES string of the molecule is Cc1nc2ccccc2nc1CN1C[C@H](N)C[C@H]1C(=O)NC(C)C. The first kappa shape index (κ1) is 16.8. The fourth-order valence-electron chi connectivity index (χ4n) is 3.23. The van der Waals surface area contributed by atoms with E-state index in [0.717, 1.165) is 22.4 Å². The van der Waals surface area contributed by atoms with Gasteiger partial charge in [0.1, 0.15) is 0 Å². The summed E-state index contributed by atoms with van der Waals surface area (Å²) in [6, 6.07) is 7.78. The molecule has 0 spiro atoms. The average molecular weight is 327 g/mol. The Balaban J connectivity index is 1.83. The minimum atomic E-state index is -0.199. The molecule has 1 fully saturated rings. The second kappa shape index (κ2) is 6.83. The summed E-state index contributed by atoms with van der Waals surface area (Å²) in [5, 5.41) is 2.99. The van der Waals surface area contributed by atoms with Crippen LogP contribution in [0.1, 0.15) is 31.7 Å². The Morgan fingerprint density at radius 3 is 2.67 bits per heavy atom. The summed E-state index contributed by atoms with van der Waals surface area (Å²) >= 11 is 0. The maximum atomic E-state index is 12.5. The molecule has 2 aromatic rings. The molecule has 24 heavy (non-hydrogen) atoms. The van der Waals surface area contributed by atoms with Gasteiger partial charge in [0.2, 0.25) is 5.91 Å². The minimum absolute atomic E-state index is 0.0154. The number of carbonyl (C=O) groups excluding carboxylic acids is 1. The number of nitrogens with two attached hydrogens (primary N) is 1. The van der Waals surface area contributed by atoms with Gasteiger partial charge in [0.05, 0.1) is 28.5 Å². The lowest BCUT2D eigenvalue weighted by molar-refractivity contribution is -0.126. The van der Waals surface area contributed by atoms with E-state index in [2.05, 4.69) is 15.2 Å². The summed E-state index contributed by atoms with van der Waals surface area (Å²) in [4.78, 5) is 23.9. The molecule has 0 bridgehead atoms. The molecule has 128 valence electrons. The van der Waals surface area contributed by atoms with Crippen molar-refractivity contribution < 1.29 is 4.79 Å². The number of rotatable bonds is 4. The maximum Gasteiger partial charge on any atom is 0.237 e. The molecule has 2 atom stereocenters. The molecule has 0 unspecified atom stereocenters. The predicted octanol–water partition coefficient (Wildman–Crippen LogP) is 1.36. The number of fused-ring (bicyclic) bond motifs is 1. The zero-order valence-corrected chi connectivity index (χ0v) is 14.5. The van der Waals surface area contributed by atoms with Gasteiger partial charge in [0, 0.05) is 25.2 Å². The van der Waals surface area contributed by atoms with Crippen LogP contribution in [-0.2, 0) is 11.3 Å². The van der Waals surface area contributed by atoms with Crippen molar-refractivity contribution in [1.29, 1.82) is 0 Å². The summed E-state index contributed by atoms with van der Waals surface area (Å²) in [6.45, 7) is 7.19. The fourth-order valence-corrected chi connectivity index (χ4v) is 3.23. The number of aryl methyl sites for hydroxylation is 1. The molecule has 0 saturated carbocycles. The number of likely N-dealkylation sites (tertiary alicyclic amines) is 1. The lowest BCUT2D eigenvalue weighted by Crippen LogP contribution is -2.45. The molecule has 1 aromatic heterocycles. The van der Waals surface area contributed by atoms with Gasteiger partial charge in [-0.1, -0.05) is 12.1 Å². The van der Waals surface area contributed by atoms with Gasteiger partial charge >= 0.3 is 0 Å². The summed E-state index contributed by atoms with van der Waals surface area (Å²) in [7, 11) is 0. The van der Waals surface area contributed by atoms with E-state index in [1.807, 2.05) is 45.0 Å². The van der Waals surface area contributed by atoms with Gasteiger partial charge in [0.25, 0.3) is 0 Å². The number of carbonyl (C=O) groups is 1. The molecule has 2 heterocycles. The number of para-hydroxylation sites is 2. The molecule has 0 aliphatic carbocycles. The van der Waals surface area contributed by atoms with Crippen molar-refractivity contribution in [2.24, 2.45) is 5.73 Å². The van der Waals surface area contributed by atoms with Crippen LogP contribution < -0.4 is 11.1 Å². The van der Waals surface area contributed by atoms with Gasteiger partial charge in [-0.25, -0.2) is 9.97 Å². The number of nitrogens with zero attached hydrogens (tertiary/aromatic N) is 3. The molecule has 3 rings (SSSR count). The number of nitrogens with one attached hydrogen (secondary N) is 1. The zero-order valence-electron chi connectivity index (χ0n) is 14.5. The van der Waals surface area contributed by atoms with Gasteiger partial charge in [0.15, 0.2) is 0 Å². The monoisotopic (exact) mass is 327 g/mol. The quantitative estimate of drug-likeness (QED) is 0.886. The Kier molecular flexibility index (Phi) is 4.78. The van der Waals surface area contributed by atoms with E-state index >= 15 is 0 Å². The smallest absolute Gasteiger partial charge is 0.237 e. The molecule has 1 saturated heterocycles. The van der Waals surface area contributed by atoms with E-state index in [1.54, 1.807) is 0 Å². The Labute approximate surface area is 142 Å². The van der Waals surface area contributed by atoms with E-state index in [9.17, 15) is 4.79 Å². The van der Waals surface area contributed by atoms with Crippen LogP contribution in [0.4, 0.5) is 0 Å². The molecule has 1 aliphatic heterocycles. The molecular formula is C18H25N5O. The van der Waals surface area contributed by atoms with Crippen molar-refractivity contribution in [3.05, 3.63) is 35.7 Å². The van der Waals surface area contributed by atoms with Gasteiger partial charge in [-0.2, -0.15) is 0 Å². The summed E-state index contributed by atoms with van der Waals surface area (Å²) < 4.78 is 0. The van der Waals surface area contributed by atoms with Crippen LogP contribution in [0, 0.1) is 6.92 Å². The lowest BCUT2D eigenvalue weighted by Gasteiger charge is -2.24. The number of benzene rings is 1. The highest BCUT2D eigenvalue weighted by atomic mass is 16.2. The summed E-state index contributed by atoms with van der Waals surface area (Å²) in [5.74, 6) is 0.0457. The highest BCUT2D eigenvalue weighted by molar-refractivity contribution is 5.82. The molecule has 1 amide bonds. The van der Waals surface area contributed by atoms with Crippen LogP contribution in [-0.4, -0.2) is 45.4 Å². The first-order valence-electron chi connectivity index (χ1n) is 8.46. The maximum absolute atomic E-state index is 12.5. The topological polar surface area (TPSA) is 84.1 Å². The molecule has 3 N–H and O–H groups in total. The normalized spacial score (nSPS) is 21.5. The predicted molar refractivity (Wildman–Crippen MR) is 94.3 cm³/mol. The van der Waals surface area contributed by atoms with E-state index in [4.69, 9.17) is 10.7 Å². The third-order valence-corrected chi connectivity index (χ3v) is 4.37. The van der Waals surface area contributed by atoms with Crippen LogP contribution >= 0.6 is 0 Å². The summed E-state index contributed by atoms with van der Waals surface area (Å²) in [6.07, 6.45) is 0.679. The number of hydrogen-bond acceptors (Lipinski definition) is 5. The van der Waals surface area contributed by atoms with Crippen LogP contribution in [0.2, 0.25) is 0 Å². The van der Waals surface area contributed by atoms with Crippen molar-refractivity contribution in [2.75, 3.05) is 6.54 Å². The van der Waals surface area contributed by atoms with Crippen molar-refractivity contribution in [2.45, 2.75) is 51.9 Å². The Morgan fingerprint density at radius 1 is 1.33 bits per heavy atom. The average Bonchev–Trinajstić information content (AvgIpc) is 2.88. The van der Waals surface area contributed by atoms with Crippen molar-refractivity contribution in [3.8, 4) is 0 Å². The number of hydrogen-bond donors (Lipinski definition) is 2. The van der Waals surface area contributed by atoms with Crippen molar-refractivity contribution >= 4 is 16.9 Å². The van der Waals surface area contributed by atoms with E-state index < -0.39 is 0 Å². The number of amides is 1. The summed E-state index contributed by atoms with van der Waals surface area (Å²) in [5.41, 5.74) is 9.69. The van der Waals surface area contributed by atoms with Crippen LogP contribution in [0.25, 0.3) is 11.0 Å². The van der Waals surface area contributed by atoms with E-state index in [-0.39, 0.29) is 24.0 Å². The van der Waals surface area contributed by atoms with Crippen LogP contribution in [0.3, 0.4) is 0 Å². The lowest BCUT2D eigenvalue weighted by atomic mass is 10.1. The van der Waals surface area contributed by atoms with Crippen LogP contribution in [0.5, 0.6) is 0 Å². The largest absolute Gasteiger partial charge is 0.353 e. The van der Waals surface area contributed by atoms with Gasteiger partial charge in [-0.3, -0.25) is 9.69 Å². The fraction of sp³-hybridized carbons (Fsp3) is 0.500. The second-order valence-corrected chi connectivity index (χ2v) is 6.85. The van der Waals surface area contributed by atoms with Gasteiger partial charge < -0.3 is 11.1 Å². The van der Waals surface area contributed by atoms with E-state index in [0.29, 0.717) is 19.5 Å². The Bertz CT molecular complexity index is 745. The molecule has 6 heteroatoms. The first-order chi connectivity index (χ1) is 11.4. The van der Waals surface area contributed by atoms with Crippen molar-refractivity contribution in [3.63, 3.8) is 0 Å². The number of aromatic nitrogens is 2. The zero-order chi connectivity index (χ0) is 17.3. The molecule has 1 aliphatic rings. The second-order valence-electron chi connectivity index (χ2n) is 6.85. The van der Waals surface area contributed by atoms with Gasteiger partial charge in [-0.05, 0) is 39.3 Å². The molecule has 1 aromatic carbocycles. The van der Waals surface area contributed by atoms with Crippen LogP contribution in [0.15, 0.2) is 24.3 Å². The third-order valence-electron chi connectivity index (χ3n) is 4.37. The standard InChI is InChI=1S/C18H25N5O/c1-11(2)20-18(24)17-8-13(19)9-23(17)10-16-12(3)21-14-6-4-5-7-15(14)22-16/h4-7,11,13,17H,8-10,19H2,1-3H3,(H,20,24)/t13-,17+/m1/s1. The highest BCUT2D eigenvalue weighted by Gasteiger charge is 2.35. The molecule has 0 radical (unpaired) electrons. The van der Waals surface area contributed by atoms with Crippen molar-refractivity contribution in [1.82, 2.24) is 20.2 Å². The molecule has 6 nitrogen and oxygen atoms in total. The Hall–Kier alpha value is -2.05. The first-order valence-corrected chi connectivity index (χ1v) is 8.46. The minimum Gasteiger partial charge on any atom is -0.353 e. The Morgan fingerprint density at radius 2 is 2.00 bits per heavy atom.